The van der Waals surface area contributed by atoms with Crippen molar-refractivity contribution in [1.82, 2.24) is 39.1 Å². The van der Waals surface area contributed by atoms with Crippen LogP contribution in [0.5, 0.6) is 5.75 Å². The molecule has 0 aromatic carbocycles. The Bertz CT molecular complexity index is 1710. The largest absolute Gasteiger partial charge is 0.489 e. The zero-order valence-corrected chi connectivity index (χ0v) is 22.9. The number of pyridine rings is 2. The van der Waals surface area contributed by atoms with Gasteiger partial charge in [0, 0.05) is 36.6 Å². The van der Waals surface area contributed by atoms with Crippen LogP contribution < -0.4 is 4.74 Å². The lowest BCUT2D eigenvalue weighted by atomic mass is 10.0. The van der Waals surface area contributed by atoms with Gasteiger partial charge in [-0.05, 0) is 50.9 Å². The van der Waals surface area contributed by atoms with Crippen LogP contribution in [0.1, 0.15) is 43.9 Å². The fourth-order valence-corrected chi connectivity index (χ4v) is 5.14. The Morgan fingerprint density at radius 3 is 2.73 bits per heavy atom. The number of aromatic nitrogens is 7. The highest BCUT2D eigenvalue weighted by Gasteiger charge is 2.24. The minimum absolute atomic E-state index is 0.113. The van der Waals surface area contributed by atoms with Crippen LogP contribution in [0.4, 0.5) is 4.39 Å². The lowest BCUT2D eigenvalue weighted by Gasteiger charge is -2.32. The van der Waals surface area contributed by atoms with Crippen molar-refractivity contribution in [2.24, 2.45) is 0 Å². The van der Waals surface area contributed by atoms with E-state index < -0.39 is 11.4 Å². The summed E-state index contributed by atoms with van der Waals surface area (Å²) in [6, 6.07) is 8.11. The van der Waals surface area contributed by atoms with Gasteiger partial charge in [-0.1, -0.05) is 6.07 Å². The second kappa shape index (κ2) is 10.8. The first-order chi connectivity index (χ1) is 19.8. The molecule has 1 fully saturated rings. The van der Waals surface area contributed by atoms with E-state index in [0.29, 0.717) is 22.6 Å². The molecular weight excluding hydrogens is 525 g/mol. The molecular formula is C29H30FN9O2. The predicted molar refractivity (Wildman–Crippen MR) is 148 cm³/mol. The molecule has 5 aromatic heterocycles. The standard InChI is InChI=1S/C29H30FN9O2/c1-29(2,40)19-41-25-8-26(28-21(9-31)11-34-39(28)18-25)22-12-33-37(15-22)24-4-3-7-36(17-24)14-20-5-6-27(32-10-20)38-16-23(30)13-35-38/h5-6,8,10-13,15-16,18,24,40H,3-4,7,14,17,19H2,1-2H3/t24-/m1/s1. The molecule has 12 heteroatoms. The minimum Gasteiger partial charge on any atom is -0.489 e. The van der Waals surface area contributed by atoms with Gasteiger partial charge in [0.15, 0.2) is 11.6 Å². The molecule has 0 saturated carbocycles. The smallest absolute Gasteiger partial charge is 0.161 e. The van der Waals surface area contributed by atoms with E-state index in [1.165, 1.54) is 17.1 Å². The van der Waals surface area contributed by atoms with Crippen LogP contribution in [-0.4, -0.2) is 69.5 Å². The van der Waals surface area contributed by atoms with Crippen LogP contribution in [0.3, 0.4) is 0 Å². The van der Waals surface area contributed by atoms with E-state index >= 15 is 0 Å². The lowest BCUT2D eigenvalue weighted by Crippen LogP contribution is -2.36. The van der Waals surface area contributed by atoms with E-state index in [1.54, 1.807) is 30.8 Å². The van der Waals surface area contributed by atoms with Gasteiger partial charge in [0.25, 0.3) is 0 Å². The van der Waals surface area contributed by atoms with Crippen molar-refractivity contribution in [1.29, 1.82) is 5.26 Å². The lowest BCUT2D eigenvalue weighted by molar-refractivity contribution is 0.0283. The summed E-state index contributed by atoms with van der Waals surface area (Å²) in [6.07, 6.45) is 13.4. The first-order valence-corrected chi connectivity index (χ1v) is 13.4. The average Bonchev–Trinajstić information content (AvgIpc) is 3.71. The van der Waals surface area contributed by atoms with Gasteiger partial charge in [0.2, 0.25) is 0 Å². The molecule has 6 heterocycles. The van der Waals surface area contributed by atoms with E-state index in [9.17, 15) is 14.8 Å². The summed E-state index contributed by atoms with van der Waals surface area (Å²) in [5.74, 6) is 0.708. The monoisotopic (exact) mass is 555 g/mol. The second-order valence-electron chi connectivity index (χ2n) is 11.0. The maximum absolute atomic E-state index is 13.3. The summed E-state index contributed by atoms with van der Waals surface area (Å²) in [4.78, 5) is 6.83. The predicted octanol–water partition coefficient (Wildman–Crippen LogP) is 3.78. The fourth-order valence-electron chi connectivity index (χ4n) is 5.14. The fraction of sp³-hybridized carbons (Fsp3) is 0.345. The highest BCUT2D eigenvalue weighted by atomic mass is 19.1. The van der Waals surface area contributed by atoms with Crippen LogP contribution >= 0.6 is 0 Å². The Balaban J connectivity index is 1.20. The summed E-state index contributed by atoms with van der Waals surface area (Å²) in [5.41, 5.74) is 2.86. The topological polar surface area (TPSA) is 122 Å². The van der Waals surface area contributed by atoms with Crippen molar-refractivity contribution in [3.8, 4) is 28.8 Å². The molecule has 0 aliphatic carbocycles. The number of aliphatic hydroxyl groups is 1. The molecule has 0 bridgehead atoms. The van der Waals surface area contributed by atoms with Crippen LogP contribution in [0.25, 0.3) is 22.5 Å². The molecule has 1 atom stereocenters. The molecule has 1 aliphatic heterocycles. The van der Waals surface area contributed by atoms with Crippen molar-refractivity contribution in [2.75, 3.05) is 19.7 Å². The van der Waals surface area contributed by atoms with Gasteiger partial charge in [-0.25, -0.2) is 18.6 Å². The first kappa shape index (κ1) is 26.6. The number of likely N-dealkylation sites (tertiary alicyclic amines) is 1. The molecule has 210 valence electrons. The summed E-state index contributed by atoms with van der Waals surface area (Å²) in [7, 11) is 0. The van der Waals surface area contributed by atoms with Gasteiger partial charge in [-0.2, -0.15) is 20.6 Å². The van der Waals surface area contributed by atoms with Crippen LogP contribution in [-0.2, 0) is 6.54 Å². The Kier molecular flexibility index (Phi) is 6.98. The van der Waals surface area contributed by atoms with Crippen molar-refractivity contribution >= 4 is 5.52 Å². The van der Waals surface area contributed by atoms with E-state index in [2.05, 4.69) is 26.2 Å². The third-order valence-electron chi connectivity index (χ3n) is 7.07. The molecule has 0 spiro atoms. The Hall–Kier alpha value is -4.60. The zero-order valence-electron chi connectivity index (χ0n) is 22.9. The van der Waals surface area contributed by atoms with E-state index in [-0.39, 0.29) is 12.6 Å². The molecule has 11 nitrogen and oxygen atoms in total. The molecule has 1 aliphatic rings. The number of halogens is 1. The number of nitriles is 1. The Morgan fingerprint density at radius 2 is 2.00 bits per heavy atom. The van der Waals surface area contributed by atoms with Gasteiger partial charge in [0.1, 0.15) is 18.4 Å². The van der Waals surface area contributed by atoms with Gasteiger partial charge < -0.3 is 9.84 Å². The SMILES string of the molecule is CC(C)(O)COc1cc(-c2cnn([C@@H]3CCCN(Cc4ccc(-n5cc(F)cn5)nc4)C3)c2)c2c(C#N)cnn2c1. The second-order valence-corrected chi connectivity index (χ2v) is 11.0. The maximum atomic E-state index is 13.3. The quantitative estimate of drug-likeness (QED) is 0.307. The van der Waals surface area contributed by atoms with Gasteiger partial charge in [0.05, 0.1) is 53.7 Å². The van der Waals surface area contributed by atoms with Crippen molar-refractivity contribution in [3.63, 3.8) is 0 Å². The molecule has 0 amide bonds. The number of nitrogens with zero attached hydrogens (tertiary/aromatic N) is 9. The van der Waals surface area contributed by atoms with E-state index in [0.717, 1.165) is 55.4 Å². The zero-order chi connectivity index (χ0) is 28.6. The molecule has 1 saturated heterocycles. The number of hydrogen-bond acceptors (Lipinski definition) is 8. The Morgan fingerprint density at radius 1 is 1.12 bits per heavy atom. The minimum atomic E-state index is -0.994. The average molecular weight is 556 g/mol. The maximum Gasteiger partial charge on any atom is 0.161 e. The summed E-state index contributed by atoms with van der Waals surface area (Å²) >= 11 is 0. The molecule has 0 radical (unpaired) electrons. The summed E-state index contributed by atoms with van der Waals surface area (Å²) in [5, 5.41) is 32.8. The van der Waals surface area contributed by atoms with Crippen molar-refractivity contribution in [2.45, 2.75) is 44.9 Å². The first-order valence-electron chi connectivity index (χ1n) is 13.4. The van der Waals surface area contributed by atoms with Gasteiger partial charge >= 0.3 is 0 Å². The number of ether oxygens (including phenoxy) is 1. The molecule has 1 N–H and O–H groups in total. The number of fused-ring (bicyclic) bond motifs is 1. The highest BCUT2D eigenvalue weighted by Crippen LogP contribution is 2.32. The van der Waals surface area contributed by atoms with Crippen LogP contribution in [0, 0.1) is 17.1 Å². The van der Waals surface area contributed by atoms with E-state index in [1.807, 2.05) is 35.3 Å². The van der Waals surface area contributed by atoms with Gasteiger partial charge in [-0.15, -0.1) is 0 Å². The molecule has 6 rings (SSSR count). The number of piperidine rings is 1. The van der Waals surface area contributed by atoms with E-state index in [4.69, 9.17) is 9.84 Å². The molecule has 0 unspecified atom stereocenters. The van der Waals surface area contributed by atoms with Gasteiger partial charge in [-0.3, -0.25) is 9.58 Å². The highest BCUT2D eigenvalue weighted by molar-refractivity contribution is 5.84. The number of rotatable bonds is 8. The normalized spacial score (nSPS) is 16.2. The number of hydrogen-bond donors (Lipinski definition) is 1. The summed E-state index contributed by atoms with van der Waals surface area (Å²) in [6.45, 7) is 6.02. The Labute approximate surface area is 236 Å². The molecule has 5 aromatic rings. The third kappa shape index (κ3) is 5.82. The van der Waals surface area contributed by atoms with Crippen LogP contribution in [0.2, 0.25) is 0 Å². The van der Waals surface area contributed by atoms with Crippen molar-refractivity contribution < 1.29 is 14.2 Å². The molecule has 41 heavy (non-hydrogen) atoms. The van der Waals surface area contributed by atoms with Crippen molar-refractivity contribution in [3.05, 3.63) is 78.5 Å². The summed E-state index contributed by atoms with van der Waals surface area (Å²) < 4.78 is 24.2. The van der Waals surface area contributed by atoms with Crippen LogP contribution in [0.15, 0.2) is 61.6 Å². The third-order valence-corrected chi connectivity index (χ3v) is 7.07.